The van der Waals surface area contributed by atoms with E-state index in [1.54, 1.807) is 9.80 Å². The van der Waals surface area contributed by atoms with Crippen molar-refractivity contribution in [2.75, 3.05) is 31.9 Å². The fourth-order valence-electron chi connectivity index (χ4n) is 3.01. The SMILES string of the molecule is O=CN1CCN(C(=O)CSc2ccccc2Cl)CC1.c1ccc(C2CC2)cc1. The molecule has 0 atom stereocenters. The summed E-state index contributed by atoms with van der Waals surface area (Å²) in [6, 6.07) is 18.2. The van der Waals surface area contributed by atoms with Crippen LogP contribution in [-0.2, 0) is 9.59 Å². The van der Waals surface area contributed by atoms with E-state index in [0.29, 0.717) is 37.0 Å². The van der Waals surface area contributed by atoms with Gasteiger partial charge in [-0.15, -0.1) is 11.8 Å². The van der Waals surface area contributed by atoms with Gasteiger partial charge in [-0.2, -0.15) is 0 Å². The lowest BCUT2D eigenvalue weighted by Crippen LogP contribution is -2.48. The third kappa shape index (κ3) is 6.28. The van der Waals surface area contributed by atoms with Crippen LogP contribution in [0.4, 0.5) is 0 Å². The molecule has 28 heavy (non-hydrogen) atoms. The minimum atomic E-state index is 0.0930. The predicted octanol–water partition coefficient (Wildman–Crippen LogP) is 4.30. The van der Waals surface area contributed by atoms with Crippen molar-refractivity contribution in [2.45, 2.75) is 23.7 Å². The highest BCUT2D eigenvalue weighted by Crippen LogP contribution is 2.39. The third-order valence-electron chi connectivity index (χ3n) is 4.85. The Morgan fingerprint density at radius 3 is 2.25 bits per heavy atom. The highest BCUT2D eigenvalue weighted by Gasteiger charge is 2.22. The highest BCUT2D eigenvalue weighted by molar-refractivity contribution is 8.00. The first-order valence-corrected chi connectivity index (χ1v) is 10.9. The van der Waals surface area contributed by atoms with Crippen molar-refractivity contribution >= 4 is 35.7 Å². The maximum Gasteiger partial charge on any atom is 0.233 e. The second-order valence-electron chi connectivity index (χ2n) is 6.93. The van der Waals surface area contributed by atoms with E-state index in [9.17, 15) is 9.59 Å². The van der Waals surface area contributed by atoms with Gasteiger partial charge in [0.1, 0.15) is 0 Å². The van der Waals surface area contributed by atoms with Gasteiger partial charge in [0.15, 0.2) is 0 Å². The largest absolute Gasteiger partial charge is 0.342 e. The monoisotopic (exact) mass is 416 g/mol. The van der Waals surface area contributed by atoms with Gasteiger partial charge in [0.05, 0.1) is 10.8 Å². The van der Waals surface area contributed by atoms with Gasteiger partial charge >= 0.3 is 0 Å². The lowest BCUT2D eigenvalue weighted by molar-refractivity contribution is -0.132. The molecule has 1 heterocycles. The third-order valence-corrected chi connectivity index (χ3v) is 6.35. The number of piperazine rings is 1. The average molecular weight is 417 g/mol. The van der Waals surface area contributed by atoms with E-state index < -0.39 is 0 Å². The Kier molecular flexibility index (Phi) is 7.80. The van der Waals surface area contributed by atoms with Gasteiger partial charge in [0.2, 0.25) is 12.3 Å². The summed E-state index contributed by atoms with van der Waals surface area (Å²) in [6.45, 7) is 2.46. The normalized spacial score (nSPS) is 16.2. The van der Waals surface area contributed by atoms with Gasteiger partial charge in [-0.25, -0.2) is 0 Å². The second-order valence-corrected chi connectivity index (χ2v) is 8.35. The van der Waals surface area contributed by atoms with Gasteiger partial charge in [0, 0.05) is 31.1 Å². The average Bonchev–Trinajstić information content (AvgIpc) is 3.60. The molecule has 148 valence electrons. The van der Waals surface area contributed by atoms with Crippen LogP contribution in [0.2, 0.25) is 5.02 Å². The minimum Gasteiger partial charge on any atom is -0.342 e. The maximum absolute atomic E-state index is 12.0. The van der Waals surface area contributed by atoms with Crippen LogP contribution in [-0.4, -0.2) is 54.0 Å². The van der Waals surface area contributed by atoms with E-state index in [2.05, 4.69) is 30.3 Å². The second kappa shape index (κ2) is 10.5. The number of hydrogen-bond acceptors (Lipinski definition) is 3. The Labute approximate surface area is 175 Å². The first-order chi connectivity index (χ1) is 13.7. The van der Waals surface area contributed by atoms with Crippen LogP contribution in [0.5, 0.6) is 0 Å². The Balaban J connectivity index is 0.000000206. The van der Waals surface area contributed by atoms with Crippen LogP contribution >= 0.6 is 23.4 Å². The van der Waals surface area contributed by atoms with E-state index in [-0.39, 0.29) is 5.91 Å². The van der Waals surface area contributed by atoms with Crippen LogP contribution in [0.3, 0.4) is 0 Å². The van der Waals surface area contributed by atoms with Gasteiger partial charge < -0.3 is 9.80 Å². The summed E-state index contributed by atoms with van der Waals surface area (Å²) < 4.78 is 0. The van der Waals surface area contributed by atoms with Crippen LogP contribution in [0.15, 0.2) is 59.5 Å². The molecule has 2 aliphatic rings. The summed E-state index contributed by atoms with van der Waals surface area (Å²) in [5.74, 6) is 1.38. The quantitative estimate of drug-likeness (QED) is 0.539. The summed E-state index contributed by atoms with van der Waals surface area (Å²) >= 11 is 7.49. The zero-order chi connectivity index (χ0) is 19.8. The van der Waals surface area contributed by atoms with Gasteiger partial charge in [-0.05, 0) is 36.5 Å². The van der Waals surface area contributed by atoms with Crippen molar-refractivity contribution in [3.63, 3.8) is 0 Å². The van der Waals surface area contributed by atoms with Crippen molar-refractivity contribution in [1.82, 2.24) is 9.80 Å². The summed E-state index contributed by atoms with van der Waals surface area (Å²) in [4.78, 5) is 27.0. The summed E-state index contributed by atoms with van der Waals surface area (Å²) in [5.41, 5.74) is 1.53. The van der Waals surface area contributed by atoms with Gasteiger partial charge in [-0.3, -0.25) is 9.59 Å². The lowest BCUT2D eigenvalue weighted by Gasteiger charge is -2.32. The topological polar surface area (TPSA) is 40.6 Å². The molecule has 1 aliphatic heterocycles. The number of carbonyl (C=O) groups excluding carboxylic acids is 2. The molecule has 1 aliphatic carbocycles. The smallest absolute Gasteiger partial charge is 0.233 e. The molecule has 1 saturated carbocycles. The van der Waals surface area contributed by atoms with Gasteiger partial charge in [-0.1, -0.05) is 54.1 Å². The number of benzene rings is 2. The molecule has 0 spiro atoms. The van der Waals surface area contributed by atoms with Crippen molar-refractivity contribution in [2.24, 2.45) is 0 Å². The summed E-state index contributed by atoms with van der Waals surface area (Å²) in [7, 11) is 0. The number of amides is 2. The molecule has 0 N–H and O–H groups in total. The van der Waals surface area contributed by atoms with E-state index in [0.717, 1.165) is 17.2 Å². The fourth-order valence-corrected chi connectivity index (χ4v) is 4.15. The molecule has 4 nitrogen and oxygen atoms in total. The Morgan fingerprint density at radius 2 is 1.64 bits per heavy atom. The van der Waals surface area contributed by atoms with E-state index in [4.69, 9.17) is 11.6 Å². The molecule has 4 rings (SSSR count). The minimum absolute atomic E-state index is 0.0930. The predicted molar refractivity (Wildman–Crippen MR) is 115 cm³/mol. The molecular weight excluding hydrogens is 392 g/mol. The molecule has 0 unspecified atom stereocenters. The standard InChI is InChI=1S/C13H15ClN2O2S.C9H10/c14-11-3-1-2-4-12(11)19-9-13(18)16-7-5-15(10-17)6-8-16;1-2-4-8(5-3-1)9-6-7-9/h1-4,10H,5-9H2;1-5,9H,6-7H2. The van der Waals surface area contributed by atoms with Crippen molar-refractivity contribution < 1.29 is 9.59 Å². The zero-order valence-electron chi connectivity index (χ0n) is 15.8. The van der Waals surface area contributed by atoms with Crippen molar-refractivity contribution in [1.29, 1.82) is 0 Å². The number of carbonyl (C=O) groups is 2. The summed E-state index contributed by atoms with van der Waals surface area (Å²) in [6.07, 6.45) is 3.65. The van der Waals surface area contributed by atoms with E-state index in [1.165, 1.54) is 30.2 Å². The molecule has 2 amide bonds. The Morgan fingerprint density at radius 1 is 1.00 bits per heavy atom. The number of thioether (sulfide) groups is 1. The molecule has 6 heteroatoms. The van der Waals surface area contributed by atoms with Crippen molar-refractivity contribution in [3.8, 4) is 0 Å². The maximum atomic E-state index is 12.0. The summed E-state index contributed by atoms with van der Waals surface area (Å²) in [5, 5.41) is 0.672. The Bertz CT molecular complexity index is 775. The molecular formula is C22H25ClN2O2S. The van der Waals surface area contributed by atoms with Crippen LogP contribution in [0.25, 0.3) is 0 Å². The molecule has 0 aromatic heterocycles. The van der Waals surface area contributed by atoms with Crippen LogP contribution in [0.1, 0.15) is 24.3 Å². The number of halogens is 1. The number of rotatable bonds is 5. The molecule has 2 aromatic carbocycles. The molecule has 0 radical (unpaired) electrons. The molecule has 2 aromatic rings. The van der Waals surface area contributed by atoms with Gasteiger partial charge in [0.25, 0.3) is 0 Å². The molecule has 1 saturated heterocycles. The van der Waals surface area contributed by atoms with Crippen LogP contribution in [0, 0.1) is 0 Å². The number of hydrogen-bond donors (Lipinski definition) is 0. The Hall–Kier alpha value is -1.98. The highest BCUT2D eigenvalue weighted by atomic mass is 35.5. The first-order valence-electron chi connectivity index (χ1n) is 9.57. The lowest BCUT2D eigenvalue weighted by atomic mass is 10.1. The fraction of sp³-hybridized carbons (Fsp3) is 0.364. The first kappa shape index (κ1) is 20.7. The number of nitrogens with zero attached hydrogens (tertiary/aromatic N) is 2. The van der Waals surface area contributed by atoms with Crippen LogP contribution < -0.4 is 0 Å². The molecule has 2 fully saturated rings. The van der Waals surface area contributed by atoms with Crippen molar-refractivity contribution in [3.05, 3.63) is 65.2 Å². The van der Waals surface area contributed by atoms with E-state index in [1.807, 2.05) is 24.3 Å². The zero-order valence-corrected chi connectivity index (χ0v) is 17.4. The van der Waals surface area contributed by atoms with E-state index >= 15 is 0 Å². The molecule has 0 bridgehead atoms.